The van der Waals surface area contributed by atoms with E-state index in [1.54, 1.807) is 18.4 Å². The highest BCUT2D eigenvalue weighted by Crippen LogP contribution is 2.17. The molecule has 0 aliphatic carbocycles. The maximum absolute atomic E-state index is 12.1. The van der Waals surface area contributed by atoms with Gasteiger partial charge >= 0.3 is 0 Å². The molecule has 1 N–H and O–H groups in total. The normalized spacial score (nSPS) is 10.3. The summed E-state index contributed by atoms with van der Waals surface area (Å²) in [5.41, 5.74) is 0.632. The van der Waals surface area contributed by atoms with Crippen LogP contribution in [0.3, 0.4) is 0 Å². The molecule has 0 spiro atoms. The summed E-state index contributed by atoms with van der Waals surface area (Å²) in [7, 11) is 1.64. The van der Waals surface area contributed by atoms with Crippen LogP contribution in [0.25, 0.3) is 0 Å². The number of halogens is 1. The van der Waals surface area contributed by atoms with Gasteiger partial charge in [0.05, 0.1) is 21.5 Å². The fourth-order valence-corrected chi connectivity index (χ4v) is 3.55. The fraction of sp³-hybridized carbons (Fsp3) is 0.231. The van der Waals surface area contributed by atoms with Gasteiger partial charge in [-0.15, -0.1) is 22.7 Å². The fourth-order valence-electron chi connectivity index (χ4n) is 1.58. The molecule has 2 rings (SSSR count). The van der Waals surface area contributed by atoms with Gasteiger partial charge < -0.3 is 10.2 Å². The van der Waals surface area contributed by atoms with E-state index in [1.165, 1.54) is 16.2 Å². The second-order valence-corrected chi connectivity index (χ2v) is 7.99. The number of amides is 2. The molecule has 2 amide bonds. The van der Waals surface area contributed by atoms with Crippen LogP contribution in [0.5, 0.6) is 0 Å². The van der Waals surface area contributed by atoms with Crippen molar-refractivity contribution in [2.45, 2.75) is 6.54 Å². The summed E-state index contributed by atoms with van der Waals surface area (Å²) in [6.07, 6.45) is 0. The van der Waals surface area contributed by atoms with Gasteiger partial charge in [0.1, 0.15) is 0 Å². The van der Waals surface area contributed by atoms with E-state index in [4.69, 9.17) is 0 Å². The number of rotatable bonds is 5. The second kappa shape index (κ2) is 7.19. The SMILES string of the molecule is CN(CC(=O)NCc1cccs1)C(=O)c1csc(I)c1. The van der Waals surface area contributed by atoms with Crippen molar-refractivity contribution in [1.29, 1.82) is 0 Å². The van der Waals surface area contributed by atoms with Gasteiger partial charge in [-0.3, -0.25) is 9.59 Å². The molecule has 0 saturated carbocycles. The Kier molecular flexibility index (Phi) is 5.55. The molecule has 0 aliphatic rings. The molecule has 0 unspecified atom stereocenters. The third-order valence-electron chi connectivity index (χ3n) is 2.58. The summed E-state index contributed by atoms with van der Waals surface area (Å²) in [5.74, 6) is -0.283. The van der Waals surface area contributed by atoms with E-state index in [1.807, 2.05) is 29.0 Å². The Labute approximate surface area is 138 Å². The summed E-state index contributed by atoms with van der Waals surface area (Å²) in [6, 6.07) is 5.74. The lowest BCUT2D eigenvalue weighted by Gasteiger charge is -2.15. The van der Waals surface area contributed by atoms with Crippen molar-refractivity contribution in [2.75, 3.05) is 13.6 Å². The molecule has 106 valence electrons. The number of nitrogens with one attached hydrogen (secondary N) is 1. The average Bonchev–Trinajstić information content (AvgIpc) is 3.06. The highest BCUT2D eigenvalue weighted by atomic mass is 127. The molecule has 0 bridgehead atoms. The van der Waals surface area contributed by atoms with Gasteiger partial charge in [0.2, 0.25) is 5.91 Å². The smallest absolute Gasteiger partial charge is 0.254 e. The molecule has 0 radical (unpaired) electrons. The molecule has 7 heteroatoms. The molecule has 0 atom stereocenters. The topological polar surface area (TPSA) is 49.4 Å². The molecule has 4 nitrogen and oxygen atoms in total. The van der Waals surface area contributed by atoms with E-state index in [-0.39, 0.29) is 18.4 Å². The molecule has 2 heterocycles. The number of carbonyl (C=O) groups excluding carboxylic acids is 2. The molecule has 0 saturated heterocycles. The summed E-state index contributed by atoms with van der Waals surface area (Å²) < 4.78 is 1.06. The van der Waals surface area contributed by atoms with Crippen LogP contribution in [-0.4, -0.2) is 30.3 Å². The molecule has 20 heavy (non-hydrogen) atoms. The minimum absolute atomic E-state index is 0.0661. The second-order valence-electron chi connectivity index (χ2n) is 4.16. The molecule has 0 aliphatic heterocycles. The number of carbonyl (C=O) groups is 2. The highest BCUT2D eigenvalue weighted by Gasteiger charge is 2.16. The van der Waals surface area contributed by atoms with Crippen LogP contribution in [0.2, 0.25) is 0 Å². The highest BCUT2D eigenvalue weighted by molar-refractivity contribution is 14.1. The largest absolute Gasteiger partial charge is 0.350 e. The van der Waals surface area contributed by atoms with Gasteiger partial charge in [-0.2, -0.15) is 0 Å². The Morgan fingerprint density at radius 1 is 1.40 bits per heavy atom. The van der Waals surface area contributed by atoms with Crippen LogP contribution < -0.4 is 5.32 Å². The van der Waals surface area contributed by atoms with E-state index in [0.29, 0.717) is 12.1 Å². The minimum Gasteiger partial charge on any atom is -0.350 e. The Morgan fingerprint density at radius 3 is 2.80 bits per heavy atom. The Bertz CT molecular complexity index is 595. The predicted molar refractivity (Wildman–Crippen MR) is 90.2 cm³/mol. The molecule has 2 aromatic heterocycles. The van der Waals surface area contributed by atoms with E-state index < -0.39 is 0 Å². The zero-order valence-corrected chi connectivity index (χ0v) is 14.5. The molecule has 0 aromatic carbocycles. The first-order chi connectivity index (χ1) is 9.56. The van der Waals surface area contributed by atoms with E-state index in [2.05, 4.69) is 27.9 Å². The number of likely N-dealkylation sites (N-methyl/N-ethyl adjacent to an activating group) is 1. The van der Waals surface area contributed by atoms with Gasteiger partial charge in [-0.25, -0.2) is 0 Å². The maximum atomic E-state index is 12.1. The van der Waals surface area contributed by atoms with Crippen LogP contribution in [0.1, 0.15) is 15.2 Å². The quantitative estimate of drug-likeness (QED) is 0.757. The van der Waals surface area contributed by atoms with Crippen LogP contribution in [0.15, 0.2) is 29.0 Å². The van der Waals surface area contributed by atoms with Crippen LogP contribution in [0, 0.1) is 2.88 Å². The first-order valence-electron chi connectivity index (χ1n) is 5.85. The van der Waals surface area contributed by atoms with E-state index >= 15 is 0 Å². The van der Waals surface area contributed by atoms with Crippen molar-refractivity contribution < 1.29 is 9.59 Å². The zero-order valence-electron chi connectivity index (χ0n) is 10.8. The van der Waals surface area contributed by atoms with Crippen molar-refractivity contribution in [3.05, 3.63) is 42.3 Å². The average molecular weight is 420 g/mol. The van der Waals surface area contributed by atoms with Crippen LogP contribution >= 0.6 is 45.3 Å². The van der Waals surface area contributed by atoms with Crippen LogP contribution in [0.4, 0.5) is 0 Å². The van der Waals surface area contributed by atoms with Crippen molar-refractivity contribution >= 4 is 57.1 Å². The van der Waals surface area contributed by atoms with Crippen molar-refractivity contribution in [3.63, 3.8) is 0 Å². The monoisotopic (exact) mass is 420 g/mol. The summed E-state index contributed by atoms with van der Waals surface area (Å²) in [5, 5.41) is 6.58. The van der Waals surface area contributed by atoms with E-state index in [9.17, 15) is 9.59 Å². The standard InChI is InChI=1S/C13H13IN2O2S2/c1-16(13(18)9-5-11(14)20-8-9)7-12(17)15-6-10-3-2-4-19-10/h2-5,8H,6-7H2,1H3,(H,15,17). The number of thiophene rings is 2. The first kappa shape index (κ1) is 15.5. The van der Waals surface area contributed by atoms with Gasteiger partial charge in [-0.1, -0.05) is 6.07 Å². The lowest BCUT2D eigenvalue weighted by Crippen LogP contribution is -2.37. The van der Waals surface area contributed by atoms with Crippen molar-refractivity contribution in [3.8, 4) is 0 Å². The summed E-state index contributed by atoms with van der Waals surface area (Å²) in [4.78, 5) is 26.4. The van der Waals surface area contributed by atoms with Gasteiger partial charge in [0, 0.05) is 17.3 Å². The lowest BCUT2D eigenvalue weighted by atomic mass is 10.3. The van der Waals surface area contributed by atoms with E-state index in [0.717, 1.165) is 7.76 Å². The van der Waals surface area contributed by atoms with Gasteiger partial charge in [-0.05, 0) is 40.1 Å². The minimum atomic E-state index is -0.154. The van der Waals surface area contributed by atoms with Crippen molar-refractivity contribution in [1.82, 2.24) is 10.2 Å². The summed E-state index contributed by atoms with van der Waals surface area (Å²) in [6.45, 7) is 0.575. The maximum Gasteiger partial charge on any atom is 0.254 e. The van der Waals surface area contributed by atoms with Gasteiger partial charge in [0.15, 0.2) is 0 Å². The first-order valence-corrected chi connectivity index (χ1v) is 8.68. The van der Waals surface area contributed by atoms with Crippen LogP contribution in [-0.2, 0) is 11.3 Å². The molecule has 2 aromatic rings. The van der Waals surface area contributed by atoms with Crippen molar-refractivity contribution in [2.24, 2.45) is 0 Å². The predicted octanol–water partition coefficient (Wildman–Crippen LogP) is 2.80. The molecule has 0 fully saturated rings. The Hall–Kier alpha value is -0.930. The Balaban J connectivity index is 1.82. The van der Waals surface area contributed by atoms with Gasteiger partial charge in [0.25, 0.3) is 5.91 Å². The third-order valence-corrected chi connectivity index (χ3v) is 5.25. The number of nitrogens with zero attached hydrogens (tertiary/aromatic N) is 1. The number of hydrogen-bond donors (Lipinski definition) is 1. The lowest BCUT2D eigenvalue weighted by molar-refractivity contribution is -0.121. The summed E-state index contributed by atoms with van der Waals surface area (Å²) >= 11 is 5.28. The molecular formula is C13H13IN2O2S2. The third kappa shape index (κ3) is 4.29. The molecular weight excluding hydrogens is 407 g/mol. The zero-order chi connectivity index (χ0) is 14.5. The number of hydrogen-bond acceptors (Lipinski definition) is 4. The Morgan fingerprint density at radius 2 is 2.20 bits per heavy atom.